The predicted molar refractivity (Wildman–Crippen MR) is 114 cm³/mol. The number of hydrogen-bond acceptors (Lipinski definition) is 5. The van der Waals surface area contributed by atoms with Crippen LogP contribution in [0.15, 0.2) is 53.1 Å². The number of imide groups is 1. The maximum atomic E-state index is 13.1. The van der Waals surface area contributed by atoms with Gasteiger partial charge in [0.15, 0.2) is 0 Å². The number of amides is 3. The summed E-state index contributed by atoms with van der Waals surface area (Å²) >= 11 is 6.04. The van der Waals surface area contributed by atoms with E-state index in [4.69, 9.17) is 16.1 Å². The van der Waals surface area contributed by atoms with E-state index in [-0.39, 0.29) is 36.1 Å². The number of hydrogen-bond donors (Lipinski definition) is 1. The number of carbonyl (C=O) groups excluding carboxylic acids is 2. The fourth-order valence-corrected chi connectivity index (χ4v) is 4.64. The highest BCUT2D eigenvalue weighted by Gasteiger charge is 2.45. The number of nitrogens with one attached hydrogen (secondary N) is 1. The average molecular weight is 455 g/mol. The molecule has 1 aromatic heterocycles. The van der Waals surface area contributed by atoms with Crippen molar-refractivity contribution in [3.8, 4) is 11.4 Å². The Bertz CT molecular complexity index is 1170. The lowest BCUT2D eigenvalue weighted by atomic mass is 9.76. The Labute approximate surface area is 188 Å². The van der Waals surface area contributed by atoms with Gasteiger partial charge in [0.2, 0.25) is 17.6 Å². The number of nitrogens with zero attached hydrogens (tertiary/aromatic N) is 3. The van der Waals surface area contributed by atoms with Crippen LogP contribution >= 0.6 is 11.6 Å². The van der Waals surface area contributed by atoms with Gasteiger partial charge in [-0.05, 0) is 49.1 Å². The second-order valence-corrected chi connectivity index (χ2v) is 8.63. The first kappa shape index (κ1) is 20.6. The first-order valence-electron chi connectivity index (χ1n) is 10.4. The fourth-order valence-electron chi connectivity index (χ4n) is 4.45. The molecule has 2 aliphatic rings. The summed E-state index contributed by atoms with van der Waals surface area (Å²) in [4.78, 5) is 31.4. The van der Waals surface area contributed by atoms with Crippen molar-refractivity contribution < 1.29 is 18.5 Å². The Morgan fingerprint density at radius 2 is 1.97 bits per heavy atom. The highest BCUT2D eigenvalue weighted by Crippen LogP contribution is 2.38. The van der Waals surface area contributed by atoms with Crippen LogP contribution in [0.5, 0.6) is 0 Å². The van der Waals surface area contributed by atoms with Gasteiger partial charge in [0.05, 0.1) is 12.5 Å². The third-order valence-electron chi connectivity index (χ3n) is 6.12. The molecule has 1 aliphatic heterocycles. The van der Waals surface area contributed by atoms with Gasteiger partial charge in [0.1, 0.15) is 5.82 Å². The lowest BCUT2D eigenvalue weighted by Gasteiger charge is -2.41. The van der Waals surface area contributed by atoms with Gasteiger partial charge in [-0.2, -0.15) is 4.98 Å². The number of rotatable bonds is 4. The van der Waals surface area contributed by atoms with Crippen molar-refractivity contribution in [1.82, 2.24) is 20.4 Å². The summed E-state index contributed by atoms with van der Waals surface area (Å²) in [7, 11) is 0. The molecule has 5 rings (SSSR count). The number of carbonyl (C=O) groups is 2. The van der Waals surface area contributed by atoms with E-state index in [1.807, 2.05) is 12.1 Å². The first-order valence-corrected chi connectivity index (χ1v) is 10.8. The van der Waals surface area contributed by atoms with Crippen LogP contribution in [-0.4, -0.2) is 33.0 Å². The summed E-state index contributed by atoms with van der Waals surface area (Å²) in [6.07, 6.45) is 1.84. The molecule has 1 aliphatic carbocycles. The number of halogens is 2. The van der Waals surface area contributed by atoms with Crippen molar-refractivity contribution in [3.05, 3.63) is 70.8 Å². The van der Waals surface area contributed by atoms with Gasteiger partial charge in [-0.3, -0.25) is 9.69 Å². The van der Waals surface area contributed by atoms with E-state index in [1.165, 1.54) is 17.0 Å². The van der Waals surface area contributed by atoms with Crippen molar-refractivity contribution in [2.45, 2.75) is 37.8 Å². The second kappa shape index (κ2) is 8.35. The van der Waals surface area contributed by atoms with Crippen LogP contribution in [0.1, 0.15) is 36.6 Å². The molecule has 32 heavy (non-hydrogen) atoms. The summed E-state index contributed by atoms with van der Waals surface area (Å²) < 4.78 is 18.6. The smallest absolute Gasteiger partial charge is 0.324 e. The van der Waals surface area contributed by atoms with Gasteiger partial charge < -0.3 is 9.84 Å². The van der Waals surface area contributed by atoms with Crippen molar-refractivity contribution in [3.63, 3.8) is 0 Å². The lowest BCUT2D eigenvalue weighted by molar-refractivity contribution is -0.137. The Balaban J connectivity index is 1.28. The molecule has 1 N–H and O–H groups in total. The molecule has 2 heterocycles. The number of benzene rings is 2. The summed E-state index contributed by atoms with van der Waals surface area (Å²) in [5, 5.41) is 7.61. The number of fused-ring (bicyclic) bond motifs is 1. The van der Waals surface area contributed by atoms with E-state index in [0.29, 0.717) is 41.6 Å². The number of urea groups is 1. The summed E-state index contributed by atoms with van der Waals surface area (Å²) in [6.45, 7) is 0.115. The summed E-state index contributed by atoms with van der Waals surface area (Å²) in [5.74, 6) is 0.0358. The van der Waals surface area contributed by atoms with Crippen LogP contribution in [0.25, 0.3) is 11.4 Å². The largest absolute Gasteiger partial charge is 0.339 e. The minimum atomic E-state index is -0.439. The molecule has 164 valence electrons. The quantitative estimate of drug-likeness (QED) is 0.625. The second-order valence-electron chi connectivity index (χ2n) is 8.19. The SMILES string of the molecule is O=C1NC2CC(c3nc(-c4cccc(Cl)c4)no3)CCC2C(=O)N1Cc1ccc(F)cc1. The monoisotopic (exact) mass is 454 g/mol. The highest BCUT2D eigenvalue weighted by atomic mass is 35.5. The molecule has 0 bridgehead atoms. The number of aromatic nitrogens is 2. The maximum Gasteiger partial charge on any atom is 0.324 e. The van der Waals surface area contributed by atoms with E-state index in [1.54, 1.807) is 24.3 Å². The van der Waals surface area contributed by atoms with Crippen molar-refractivity contribution >= 4 is 23.5 Å². The molecule has 2 aromatic carbocycles. The van der Waals surface area contributed by atoms with E-state index in [2.05, 4.69) is 15.5 Å². The highest BCUT2D eigenvalue weighted by molar-refractivity contribution is 6.30. The van der Waals surface area contributed by atoms with Crippen LogP contribution in [0.2, 0.25) is 5.02 Å². The van der Waals surface area contributed by atoms with Crippen LogP contribution in [-0.2, 0) is 11.3 Å². The fraction of sp³-hybridized carbons (Fsp3) is 0.304. The molecule has 3 amide bonds. The molecule has 1 saturated carbocycles. The van der Waals surface area contributed by atoms with Gasteiger partial charge in [-0.1, -0.05) is 41.0 Å². The molecule has 9 heteroatoms. The molecule has 0 radical (unpaired) electrons. The predicted octanol–water partition coefficient (Wildman–Crippen LogP) is 4.53. The third kappa shape index (κ3) is 3.98. The minimum Gasteiger partial charge on any atom is -0.339 e. The third-order valence-corrected chi connectivity index (χ3v) is 6.35. The Morgan fingerprint density at radius 3 is 2.75 bits per heavy atom. The lowest BCUT2D eigenvalue weighted by Crippen LogP contribution is -2.60. The molecule has 1 saturated heterocycles. The van der Waals surface area contributed by atoms with Crippen LogP contribution in [0.4, 0.5) is 9.18 Å². The van der Waals surface area contributed by atoms with Gasteiger partial charge in [-0.25, -0.2) is 9.18 Å². The van der Waals surface area contributed by atoms with Crippen molar-refractivity contribution in [2.75, 3.05) is 0 Å². The standard InChI is InChI=1S/C23H20ClFN4O3/c24-16-3-1-2-14(10-16)20-27-21(32-28-20)15-6-9-18-19(11-15)26-23(31)29(22(18)30)12-13-4-7-17(25)8-5-13/h1-5,7-8,10,15,18-19H,6,9,11-12H2,(H,26,31). The van der Waals surface area contributed by atoms with Crippen LogP contribution in [0, 0.1) is 11.7 Å². The normalized spacial score (nSPS) is 23.1. The van der Waals surface area contributed by atoms with Crippen LogP contribution in [0.3, 0.4) is 0 Å². The zero-order valence-corrected chi connectivity index (χ0v) is 17.8. The van der Waals surface area contributed by atoms with E-state index in [9.17, 15) is 14.0 Å². The molecular formula is C23H20ClFN4O3. The van der Waals surface area contributed by atoms with Gasteiger partial charge >= 0.3 is 6.03 Å². The topological polar surface area (TPSA) is 88.3 Å². The zero-order valence-electron chi connectivity index (χ0n) is 17.0. The van der Waals surface area contributed by atoms with Gasteiger partial charge in [0.25, 0.3) is 0 Å². The van der Waals surface area contributed by atoms with Gasteiger partial charge in [0, 0.05) is 22.5 Å². The molecule has 3 unspecified atom stereocenters. The van der Waals surface area contributed by atoms with Crippen molar-refractivity contribution in [1.29, 1.82) is 0 Å². The molecule has 3 aromatic rings. The first-order chi connectivity index (χ1) is 15.5. The van der Waals surface area contributed by atoms with Crippen LogP contribution < -0.4 is 5.32 Å². The maximum absolute atomic E-state index is 13.1. The summed E-state index contributed by atoms with van der Waals surface area (Å²) in [5.41, 5.74) is 1.46. The van der Waals surface area contributed by atoms with Crippen molar-refractivity contribution in [2.24, 2.45) is 5.92 Å². The molecule has 7 nitrogen and oxygen atoms in total. The van der Waals surface area contributed by atoms with E-state index in [0.717, 1.165) is 5.56 Å². The molecule has 2 fully saturated rings. The molecule has 0 spiro atoms. The minimum absolute atomic E-state index is 0.0477. The van der Waals surface area contributed by atoms with Gasteiger partial charge in [-0.15, -0.1) is 0 Å². The zero-order chi connectivity index (χ0) is 22.2. The Morgan fingerprint density at radius 1 is 1.16 bits per heavy atom. The Hall–Kier alpha value is -3.26. The molecule has 3 atom stereocenters. The Kier molecular flexibility index (Phi) is 5.38. The van der Waals surface area contributed by atoms with E-state index >= 15 is 0 Å². The molecular weight excluding hydrogens is 435 g/mol. The summed E-state index contributed by atoms with van der Waals surface area (Å²) in [6, 6.07) is 12.3. The van der Waals surface area contributed by atoms with E-state index < -0.39 is 6.03 Å². The average Bonchev–Trinajstić information content (AvgIpc) is 3.28.